The molecule has 1 aliphatic heterocycles. The third-order valence-electron chi connectivity index (χ3n) is 3.48. The number of hydrogen-bond donors (Lipinski definition) is 3. The fourth-order valence-corrected chi connectivity index (χ4v) is 2.07. The Bertz CT molecular complexity index is 495. The number of carboxylic acid groups (broad SMARTS) is 1. The molecule has 3 amide bonds. The van der Waals surface area contributed by atoms with Crippen LogP contribution < -0.4 is 10.6 Å². The second-order valence-electron chi connectivity index (χ2n) is 5.97. The normalized spacial score (nSPS) is 14.4. The predicted molar refractivity (Wildman–Crippen MR) is 82.4 cm³/mol. The highest BCUT2D eigenvalue weighted by atomic mass is 16.4. The first-order valence-corrected chi connectivity index (χ1v) is 7.48. The SMILES string of the molecule is CC(C)(CCNC(=O)CCC(=O)O)NCCN1C(=O)C=CC1=O. The second kappa shape index (κ2) is 8.42. The Kier molecular flexibility index (Phi) is 6.89. The second-order valence-corrected chi connectivity index (χ2v) is 5.97. The van der Waals surface area contributed by atoms with Crippen molar-refractivity contribution in [2.75, 3.05) is 19.6 Å². The van der Waals surface area contributed by atoms with Crippen LogP contribution in [0.3, 0.4) is 0 Å². The maximum atomic E-state index is 11.4. The summed E-state index contributed by atoms with van der Waals surface area (Å²) in [4.78, 5) is 45.7. The van der Waals surface area contributed by atoms with E-state index in [9.17, 15) is 19.2 Å². The Morgan fingerprint density at radius 3 is 2.30 bits per heavy atom. The van der Waals surface area contributed by atoms with Gasteiger partial charge in [0.25, 0.3) is 11.8 Å². The summed E-state index contributed by atoms with van der Waals surface area (Å²) in [5.41, 5.74) is -0.292. The molecule has 3 N–H and O–H groups in total. The van der Waals surface area contributed by atoms with E-state index in [2.05, 4.69) is 10.6 Å². The molecule has 8 nitrogen and oxygen atoms in total. The number of amides is 3. The lowest BCUT2D eigenvalue weighted by atomic mass is 10.0. The predicted octanol–water partition coefficient (Wildman–Crippen LogP) is -0.349. The topological polar surface area (TPSA) is 116 Å². The molecule has 1 heterocycles. The maximum absolute atomic E-state index is 11.4. The van der Waals surface area contributed by atoms with Crippen molar-refractivity contribution in [3.05, 3.63) is 12.2 Å². The van der Waals surface area contributed by atoms with E-state index in [1.807, 2.05) is 13.8 Å². The van der Waals surface area contributed by atoms with E-state index in [1.54, 1.807) is 0 Å². The van der Waals surface area contributed by atoms with Gasteiger partial charge in [0.15, 0.2) is 0 Å². The van der Waals surface area contributed by atoms with Gasteiger partial charge in [-0.3, -0.25) is 24.1 Å². The van der Waals surface area contributed by atoms with Gasteiger partial charge in [-0.25, -0.2) is 0 Å². The van der Waals surface area contributed by atoms with E-state index in [0.717, 1.165) is 4.90 Å². The van der Waals surface area contributed by atoms with Crippen LogP contribution in [-0.2, 0) is 19.2 Å². The van der Waals surface area contributed by atoms with Gasteiger partial charge in [-0.05, 0) is 20.3 Å². The molecule has 0 aliphatic carbocycles. The molecular formula is C15H23N3O5. The quantitative estimate of drug-likeness (QED) is 0.473. The molecule has 23 heavy (non-hydrogen) atoms. The first-order valence-electron chi connectivity index (χ1n) is 7.48. The molecule has 0 fully saturated rings. The Morgan fingerprint density at radius 1 is 1.13 bits per heavy atom. The molecule has 0 saturated heterocycles. The van der Waals surface area contributed by atoms with Gasteiger partial charge in [-0.2, -0.15) is 0 Å². The minimum Gasteiger partial charge on any atom is -0.481 e. The van der Waals surface area contributed by atoms with Gasteiger partial charge in [0, 0.05) is 43.7 Å². The number of carbonyl (C=O) groups is 4. The summed E-state index contributed by atoms with van der Waals surface area (Å²) in [6.07, 6.45) is 2.92. The third kappa shape index (κ3) is 7.05. The standard InChI is InChI=1S/C15H23N3O5/c1-15(2,7-8-16-11(19)3-6-14(22)23)17-9-10-18-12(20)4-5-13(18)21/h4-5,17H,3,6-10H2,1-2H3,(H,16,19)(H,22,23). The van der Waals surface area contributed by atoms with Crippen molar-refractivity contribution in [1.82, 2.24) is 15.5 Å². The molecule has 8 heteroatoms. The smallest absolute Gasteiger partial charge is 0.303 e. The van der Waals surface area contributed by atoms with Crippen molar-refractivity contribution < 1.29 is 24.3 Å². The zero-order valence-corrected chi connectivity index (χ0v) is 13.4. The summed E-state index contributed by atoms with van der Waals surface area (Å²) in [7, 11) is 0. The molecule has 0 radical (unpaired) electrons. The van der Waals surface area contributed by atoms with Crippen molar-refractivity contribution >= 4 is 23.7 Å². The first kappa shape index (κ1) is 18.8. The highest BCUT2D eigenvalue weighted by Crippen LogP contribution is 2.08. The average molecular weight is 325 g/mol. The molecule has 0 spiro atoms. The van der Waals surface area contributed by atoms with Gasteiger partial charge in [0.1, 0.15) is 0 Å². The lowest BCUT2D eigenvalue weighted by Gasteiger charge is -2.27. The summed E-state index contributed by atoms with van der Waals surface area (Å²) in [5, 5.41) is 14.4. The van der Waals surface area contributed by atoms with Gasteiger partial charge in [-0.15, -0.1) is 0 Å². The Hall–Kier alpha value is -2.22. The minimum atomic E-state index is -0.998. The molecule has 0 bridgehead atoms. The van der Waals surface area contributed by atoms with Crippen LogP contribution in [0.1, 0.15) is 33.1 Å². The average Bonchev–Trinajstić information content (AvgIpc) is 2.76. The van der Waals surface area contributed by atoms with Crippen LogP contribution in [0, 0.1) is 0 Å². The number of rotatable bonds is 10. The van der Waals surface area contributed by atoms with E-state index >= 15 is 0 Å². The van der Waals surface area contributed by atoms with Crippen molar-refractivity contribution in [3.8, 4) is 0 Å². The van der Waals surface area contributed by atoms with E-state index in [1.165, 1.54) is 12.2 Å². The zero-order chi connectivity index (χ0) is 17.5. The Balaban J connectivity index is 2.20. The van der Waals surface area contributed by atoms with Crippen LogP contribution in [0.15, 0.2) is 12.2 Å². The zero-order valence-electron chi connectivity index (χ0n) is 13.4. The van der Waals surface area contributed by atoms with Crippen LogP contribution in [0.4, 0.5) is 0 Å². The fourth-order valence-electron chi connectivity index (χ4n) is 2.07. The maximum Gasteiger partial charge on any atom is 0.303 e. The molecule has 1 aliphatic rings. The van der Waals surface area contributed by atoms with Crippen LogP contribution in [0.2, 0.25) is 0 Å². The van der Waals surface area contributed by atoms with Gasteiger partial charge < -0.3 is 15.7 Å². The molecule has 0 unspecified atom stereocenters. The molecule has 0 atom stereocenters. The van der Waals surface area contributed by atoms with E-state index in [0.29, 0.717) is 26.1 Å². The van der Waals surface area contributed by atoms with Gasteiger partial charge in [0.2, 0.25) is 5.91 Å². The van der Waals surface area contributed by atoms with Crippen LogP contribution >= 0.6 is 0 Å². The lowest BCUT2D eigenvalue weighted by molar-refractivity contribution is -0.139. The van der Waals surface area contributed by atoms with E-state index in [4.69, 9.17) is 5.11 Å². The van der Waals surface area contributed by atoms with Crippen molar-refractivity contribution in [3.63, 3.8) is 0 Å². The number of carbonyl (C=O) groups excluding carboxylic acids is 3. The monoisotopic (exact) mass is 325 g/mol. The van der Waals surface area contributed by atoms with Gasteiger partial charge in [0.05, 0.1) is 6.42 Å². The molecule has 0 saturated carbocycles. The molecule has 0 aromatic carbocycles. The summed E-state index contributed by atoms with van der Waals surface area (Å²) in [6, 6.07) is 0. The van der Waals surface area contributed by atoms with Crippen LogP contribution in [0.5, 0.6) is 0 Å². The lowest BCUT2D eigenvalue weighted by Crippen LogP contribution is -2.46. The Morgan fingerprint density at radius 2 is 1.74 bits per heavy atom. The minimum absolute atomic E-state index is 0.0324. The van der Waals surface area contributed by atoms with Crippen molar-refractivity contribution in [1.29, 1.82) is 0 Å². The number of nitrogens with zero attached hydrogens (tertiary/aromatic N) is 1. The highest BCUT2D eigenvalue weighted by molar-refractivity contribution is 6.12. The molecule has 0 aromatic heterocycles. The number of carboxylic acids is 1. The summed E-state index contributed by atoms with van der Waals surface area (Å²) in [5.74, 6) is -1.90. The highest BCUT2D eigenvalue weighted by Gasteiger charge is 2.24. The van der Waals surface area contributed by atoms with Gasteiger partial charge >= 0.3 is 5.97 Å². The number of nitrogens with one attached hydrogen (secondary N) is 2. The number of hydrogen-bond acceptors (Lipinski definition) is 5. The summed E-state index contributed by atoms with van der Waals surface area (Å²) < 4.78 is 0. The molecule has 128 valence electrons. The van der Waals surface area contributed by atoms with Crippen LogP contribution in [0.25, 0.3) is 0 Å². The fraction of sp³-hybridized carbons (Fsp3) is 0.600. The number of aliphatic carboxylic acids is 1. The van der Waals surface area contributed by atoms with Crippen molar-refractivity contribution in [2.24, 2.45) is 0 Å². The summed E-state index contributed by atoms with van der Waals surface area (Å²) in [6.45, 7) is 5.06. The largest absolute Gasteiger partial charge is 0.481 e. The molecule has 0 aromatic rings. The van der Waals surface area contributed by atoms with Crippen molar-refractivity contribution in [2.45, 2.75) is 38.6 Å². The molecule has 1 rings (SSSR count). The Labute approximate surface area is 134 Å². The van der Waals surface area contributed by atoms with E-state index < -0.39 is 5.97 Å². The van der Waals surface area contributed by atoms with Gasteiger partial charge in [-0.1, -0.05) is 0 Å². The van der Waals surface area contributed by atoms with Crippen LogP contribution in [-0.4, -0.2) is 58.9 Å². The van der Waals surface area contributed by atoms with E-state index in [-0.39, 0.29) is 36.1 Å². The third-order valence-corrected chi connectivity index (χ3v) is 3.48. The summed E-state index contributed by atoms with van der Waals surface area (Å²) >= 11 is 0. The first-order chi connectivity index (χ1) is 10.7. The molecular weight excluding hydrogens is 302 g/mol. The number of imide groups is 1.